The van der Waals surface area contributed by atoms with Crippen molar-refractivity contribution >= 4 is 7.41 Å². The van der Waals surface area contributed by atoms with Gasteiger partial charge >= 0.3 is 0 Å². The van der Waals surface area contributed by atoms with Gasteiger partial charge in [-0.1, -0.05) is 38.5 Å². The Kier molecular flexibility index (Phi) is 3.84. The van der Waals surface area contributed by atoms with E-state index in [1.165, 1.54) is 38.5 Å². The van der Waals surface area contributed by atoms with E-state index >= 15 is 0 Å². The molecule has 58 valence electrons. The minimum atomic E-state index is 0.854. The van der Waals surface area contributed by atoms with Crippen molar-refractivity contribution in [2.75, 3.05) is 0 Å². The van der Waals surface area contributed by atoms with E-state index in [4.69, 9.17) is 5.84 Å². The van der Waals surface area contributed by atoms with Gasteiger partial charge in [0, 0.05) is 0 Å². The smallest absolute Gasteiger partial charge is 0.222 e. The maximum Gasteiger partial charge on any atom is 0.222 e. The minimum Gasteiger partial charge on any atom is -0.303 e. The van der Waals surface area contributed by atoms with Gasteiger partial charge in [-0.15, -0.1) is 0 Å². The molecule has 1 aliphatic carbocycles. The van der Waals surface area contributed by atoms with Crippen molar-refractivity contribution in [2.45, 2.75) is 44.3 Å². The SMILES string of the molecule is NNBC1CCCCCC1. The Morgan fingerprint density at radius 2 is 1.70 bits per heavy atom. The molecule has 1 fully saturated rings. The van der Waals surface area contributed by atoms with E-state index in [-0.39, 0.29) is 0 Å². The van der Waals surface area contributed by atoms with Gasteiger partial charge in [0.1, 0.15) is 0 Å². The topological polar surface area (TPSA) is 38.0 Å². The third kappa shape index (κ3) is 2.71. The average Bonchev–Trinajstić information content (AvgIpc) is 2.17. The predicted octanol–water partition coefficient (Wildman–Crippen LogP) is 0.944. The van der Waals surface area contributed by atoms with Gasteiger partial charge in [-0.3, -0.25) is 5.84 Å². The van der Waals surface area contributed by atoms with E-state index in [0.717, 1.165) is 13.2 Å². The first-order chi connectivity index (χ1) is 4.93. The lowest BCUT2D eigenvalue weighted by Crippen LogP contribution is -2.29. The van der Waals surface area contributed by atoms with Crippen molar-refractivity contribution in [3.8, 4) is 0 Å². The van der Waals surface area contributed by atoms with Crippen LogP contribution >= 0.6 is 0 Å². The van der Waals surface area contributed by atoms with Crippen LogP contribution in [0.15, 0.2) is 0 Å². The summed E-state index contributed by atoms with van der Waals surface area (Å²) in [6, 6.07) is 0. The fourth-order valence-corrected chi connectivity index (χ4v) is 1.73. The highest BCUT2D eigenvalue weighted by Crippen LogP contribution is 2.25. The molecule has 0 amide bonds. The summed E-state index contributed by atoms with van der Waals surface area (Å²) in [5.74, 6) is 6.11. The van der Waals surface area contributed by atoms with E-state index in [1.807, 2.05) is 0 Å². The van der Waals surface area contributed by atoms with Crippen molar-refractivity contribution in [2.24, 2.45) is 5.84 Å². The van der Waals surface area contributed by atoms with E-state index in [2.05, 4.69) is 5.34 Å². The zero-order valence-corrected chi connectivity index (χ0v) is 6.60. The standard InChI is InChI=1S/C7H17BN2/c9-10-8-7-5-3-1-2-4-6-7/h7-8,10H,1-6,9H2. The van der Waals surface area contributed by atoms with Crippen LogP contribution in [-0.4, -0.2) is 7.41 Å². The van der Waals surface area contributed by atoms with Crippen molar-refractivity contribution in [3.63, 3.8) is 0 Å². The van der Waals surface area contributed by atoms with Crippen molar-refractivity contribution < 1.29 is 0 Å². The number of hydrogen-bond acceptors (Lipinski definition) is 2. The first kappa shape index (κ1) is 8.09. The molecule has 0 bridgehead atoms. The van der Waals surface area contributed by atoms with Crippen LogP contribution in [0, 0.1) is 0 Å². The van der Waals surface area contributed by atoms with Crippen molar-refractivity contribution in [1.29, 1.82) is 0 Å². The van der Waals surface area contributed by atoms with Crippen LogP contribution in [-0.2, 0) is 0 Å². The molecule has 0 aromatic rings. The lowest BCUT2D eigenvalue weighted by molar-refractivity contribution is 0.683. The molecule has 0 radical (unpaired) electrons. The van der Waals surface area contributed by atoms with Gasteiger partial charge < -0.3 is 5.34 Å². The summed E-state index contributed by atoms with van der Waals surface area (Å²) in [6.45, 7) is 0. The lowest BCUT2D eigenvalue weighted by atomic mass is 9.72. The largest absolute Gasteiger partial charge is 0.303 e. The summed E-state index contributed by atoms with van der Waals surface area (Å²) in [7, 11) is 1.01. The second-order valence-electron chi connectivity index (χ2n) is 3.27. The fourth-order valence-electron chi connectivity index (χ4n) is 1.73. The Morgan fingerprint density at radius 3 is 2.20 bits per heavy atom. The Morgan fingerprint density at radius 1 is 1.10 bits per heavy atom. The molecule has 3 heteroatoms. The summed E-state index contributed by atoms with van der Waals surface area (Å²) in [5.41, 5.74) is 0. The quantitative estimate of drug-likeness (QED) is 0.259. The summed E-state index contributed by atoms with van der Waals surface area (Å²) >= 11 is 0. The van der Waals surface area contributed by atoms with Gasteiger partial charge in [0.15, 0.2) is 0 Å². The maximum atomic E-state index is 5.26. The maximum absolute atomic E-state index is 5.26. The van der Waals surface area contributed by atoms with Gasteiger partial charge in [0.05, 0.1) is 0 Å². The molecule has 0 aliphatic heterocycles. The third-order valence-electron chi connectivity index (χ3n) is 2.38. The third-order valence-corrected chi connectivity index (χ3v) is 2.38. The molecule has 0 saturated heterocycles. The summed E-state index contributed by atoms with van der Waals surface area (Å²) in [4.78, 5) is 0. The summed E-state index contributed by atoms with van der Waals surface area (Å²) in [6.07, 6.45) is 8.44. The molecule has 0 unspecified atom stereocenters. The predicted molar refractivity (Wildman–Crippen MR) is 45.9 cm³/mol. The van der Waals surface area contributed by atoms with Gasteiger partial charge in [0.25, 0.3) is 0 Å². The van der Waals surface area contributed by atoms with E-state index < -0.39 is 0 Å². The molecule has 1 rings (SSSR count). The second kappa shape index (κ2) is 4.75. The summed E-state index contributed by atoms with van der Waals surface area (Å²) < 4.78 is 0. The molecule has 0 heterocycles. The van der Waals surface area contributed by atoms with Crippen LogP contribution in [0.1, 0.15) is 38.5 Å². The molecule has 10 heavy (non-hydrogen) atoms. The number of hydrazine groups is 1. The monoisotopic (exact) mass is 140 g/mol. The van der Waals surface area contributed by atoms with Gasteiger partial charge in [-0.25, -0.2) is 0 Å². The molecule has 0 aromatic carbocycles. The molecular formula is C7H17BN2. The highest BCUT2D eigenvalue weighted by Gasteiger charge is 2.11. The van der Waals surface area contributed by atoms with E-state index in [9.17, 15) is 0 Å². The van der Waals surface area contributed by atoms with Gasteiger partial charge in [-0.05, 0) is 5.82 Å². The number of nitrogens with two attached hydrogens (primary N) is 1. The van der Waals surface area contributed by atoms with Crippen LogP contribution in [0.3, 0.4) is 0 Å². The first-order valence-corrected chi connectivity index (χ1v) is 4.37. The van der Waals surface area contributed by atoms with Crippen molar-refractivity contribution in [3.05, 3.63) is 0 Å². The van der Waals surface area contributed by atoms with Crippen LogP contribution in [0.4, 0.5) is 0 Å². The summed E-state index contributed by atoms with van der Waals surface area (Å²) in [5, 5.41) is 2.77. The Bertz CT molecular complexity index is 79.7. The fraction of sp³-hybridized carbons (Fsp3) is 1.00. The van der Waals surface area contributed by atoms with Crippen LogP contribution < -0.4 is 11.2 Å². The number of hydrogen-bond donors (Lipinski definition) is 2. The Hall–Kier alpha value is -0.0151. The normalized spacial score (nSPS) is 22.1. The van der Waals surface area contributed by atoms with E-state index in [1.54, 1.807) is 0 Å². The van der Waals surface area contributed by atoms with Gasteiger partial charge in [0.2, 0.25) is 7.41 Å². The van der Waals surface area contributed by atoms with Crippen LogP contribution in [0.2, 0.25) is 5.82 Å². The highest BCUT2D eigenvalue weighted by atomic mass is 15.1. The minimum absolute atomic E-state index is 0.854. The highest BCUT2D eigenvalue weighted by molar-refractivity contribution is 6.34. The molecule has 0 aromatic heterocycles. The van der Waals surface area contributed by atoms with Crippen molar-refractivity contribution in [1.82, 2.24) is 5.34 Å². The number of rotatable bonds is 2. The zero-order chi connectivity index (χ0) is 7.23. The zero-order valence-electron chi connectivity index (χ0n) is 6.60. The molecule has 1 aliphatic rings. The van der Waals surface area contributed by atoms with Crippen LogP contribution in [0.5, 0.6) is 0 Å². The molecule has 2 nitrogen and oxygen atoms in total. The first-order valence-electron chi connectivity index (χ1n) is 4.37. The van der Waals surface area contributed by atoms with Crippen LogP contribution in [0.25, 0.3) is 0 Å². The molecule has 0 atom stereocenters. The molecule has 3 N–H and O–H groups in total. The van der Waals surface area contributed by atoms with E-state index in [0.29, 0.717) is 0 Å². The number of nitrogens with one attached hydrogen (secondary N) is 1. The average molecular weight is 140 g/mol. The lowest BCUT2D eigenvalue weighted by Gasteiger charge is -2.09. The Labute approximate surface area is 63.8 Å². The Balaban J connectivity index is 2.15. The molecular weight excluding hydrogens is 123 g/mol. The second-order valence-corrected chi connectivity index (χ2v) is 3.27. The van der Waals surface area contributed by atoms with Gasteiger partial charge in [-0.2, -0.15) is 0 Å². The molecule has 1 saturated carbocycles. The molecule has 0 spiro atoms.